The van der Waals surface area contributed by atoms with Crippen molar-refractivity contribution in [2.24, 2.45) is 0 Å². The Kier molecular flexibility index (Phi) is 3.96. The van der Waals surface area contributed by atoms with Crippen molar-refractivity contribution < 1.29 is 4.39 Å². The van der Waals surface area contributed by atoms with Gasteiger partial charge in [0.25, 0.3) is 0 Å². The molecule has 25 heavy (non-hydrogen) atoms. The summed E-state index contributed by atoms with van der Waals surface area (Å²) in [7, 11) is 0. The molecule has 1 aromatic heterocycles. The minimum Gasteiger partial charge on any atom is -0.348 e. The maximum absolute atomic E-state index is 14.5. The van der Waals surface area contributed by atoms with Gasteiger partial charge in [-0.05, 0) is 49.1 Å². The molecule has 0 saturated heterocycles. The highest BCUT2D eigenvalue weighted by molar-refractivity contribution is 6.31. The molecular formula is C19H18ClFN4. The van der Waals surface area contributed by atoms with Crippen molar-refractivity contribution in [2.45, 2.75) is 32.4 Å². The van der Waals surface area contributed by atoms with E-state index in [1.54, 1.807) is 16.8 Å². The van der Waals surface area contributed by atoms with Gasteiger partial charge in [-0.25, -0.2) is 9.07 Å². The fraction of sp³-hybridized carbons (Fsp3) is 0.263. The van der Waals surface area contributed by atoms with E-state index in [4.69, 9.17) is 11.6 Å². The topological polar surface area (TPSA) is 42.7 Å². The van der Waals surface area contributed by atoms with Crippen LogP contribution in [0.2, 0.25) is 5.02 Å². The molecule has 0 bridgehead atoms. The van der Waals surface area contributed by atoms with Crippen molar-refractivity contribution in [3.05, 3.63) is 75.8 Å². The van der Waals surface area contributed by atoms with E-state index in [1.807, 2.05) is 0 Å². The van der Waals surface area contributed by atoms with E-state index in [2.05, 4.69) is 47.4 Å². The number of anilines is 1. The lowest BCUT2D eigenvalue weighted by Crippen LogP contribution is -2.28. The molecule has 0 spiro atoms. The van der Waals surface area contributed by atoms with Gasteiger partial charge in [-0.1, -0.05) is 35.9 Å². The number of benzene rings is 2. The monoisotopic (exact) mass is 356 g/mol. The van der Waals surface area contributed by atoms with Gasteiger partial charge in [0.2, 0.25) is 5.95 Å². The fourth-order valence-corrected chi connectivity index (χ4v) is 3.68. The third-order valence-electron chi connectivity index (χ3n) is 4.90. The van der Waals surface area contributed by atoms with Crippen LogP contribution in [0, 0.1) is 19.7 Å². The molecule has 2 heterocycles. The highest BCUT2D eigenvalue weighted by Crippen LogP contribution is 2.40. The standard InChI is InChI=1S/C19H18ClFN4/c1-11-6-7-13(8-12(11)2)16-9-17(25-19(24-16)22-10-23-25)18-14(20)4-3-5-15(18)21/h3-8,10,16-17H,9H2,1-2H3,(H,22,23,24)/t16-,17+/m1/s1. The average molecular weight is 357 g/mol. The molecule has 0 fully saturated rings. The molecule has 128 valence electrons. The lowest BCUT2D eigenvalue weighted by Gasteiger charge is -2.32. The zero-order chi connectivity index (χ0) is 17.6. The van der Waals surface area contributed by atoms with Gasteiger partial charge in [0.15, 0.2) is 0 Å². The maximum atomic E-state index is 14.5. The first-order valence-corrected chi connectivity index (χ1v) is 8.59. The van der Waals surface area contributed by atoms with E-state index in [-0.39, 0.29) is 17.9 Å². The SMILES string of the molecule is Cc1ccc([C@H]2C[C@@H](c3c(F)cccc3Cl)n3ncnc3N2)cc1C. The summed E-state index contributed by atoms with van der Waals surface area (Å²) in [6.45, 7) is 4.18. The minimum absolute atomic E-state index is 0.0108. The number of aromatic nitrogens is 3. The molecule has 1 N–H and O–H groups in total. The van der Waals surface area contributed by atoms with Crippen LogP contribution in [0.4, 0.5) is 10.3 Å². The third kappa shape index (κ3) is 2.78. The van der Waals surface area contributed by atoms with Crippen LogP contribution in [0.1, 0.15) is 40.8 Å². The van der Waals surface area contributed by atoms with Crippen molar-refractivity contribution in [1.82, 2.24) is 14.8 Å². The van der Waals surface area contributed by atoms with Crippen LogP contribution in [0.5, 0.6) is 0 Å². The van der Waals surface area contributed by atoms with E-state index in [1.165, 1.54) is 23.5 Å². The number of hydrogen-bond acceptors (Lipinski definition) is 3. The van der Waals surface area contributed by atoms with Gasteiger partial charge in [-0.2, -0.15) is 10.1 Å². The van der Waals surface area contributed by atoms with Crippen molar-refractivity contribution in [2.75, 3.05) is 5.32 Å². The molecule has 0 unspecified atom stereocenters. The summed E-state index contributed by atoms with van der Waals surface area (Å²) in [5, 5.41) is 8.09. The van der Waals surface area contributed by atoms with Crippen molar-refractivity contribution in [3.63, 3.8) is 0 Å². The van der Waals surface area contributed by atoms with Crippen LogP contribution in [0.3, 0.4) is 0 Å². The Morgan fingerprint density at radius 3 is 2.80 bits per heavy atom. The van der Waals surface area contributed by atoms with Crippen LogP contribution in [-0.2, 0) is 0 Å². The van der Waals surface area contributed by atoms with E-state index >= 15 is 0 Å². The second-order valence-corrected chi connectivity index (χ2v) is 6.86. The third-order valence-corrected chi connectivity index (χ3v) is 5.23. The molecule has 2 aromatic carbocycles. The second-order valence-electron chi connectivity index (χ2n) is 6.46. The Labute approximate surface area is 150 Å². The molecule has 4 rings (SSSR count). The summed E-state index contributed by atoms with van der Waals surface area (Å²) < 4.78 is 16.2. The molecular weight excluding hydrogens is 339 g/mol. The zero-order valence-electron chi connectivity index (χ0n) is 14.0. The Morgan fingerprint density at radius 1 is 1.20 bits per heavy atom. The highest BCUT2D eigenvalue weighted by atomic mass is 35.5. The van der Waals surface area contributed by atoms with Crippen molar-refractivity contribution >= 4 is 17.5 Å². The predicted octanol–water partition coefficient (Wildman–Crippen LogP) is 4.83. The maximum Gasteiger partial charge on any atom is 0.222 e. The highest BCUT2D eigenvalue weighted by Gasteiger charge is 2.32. The smallest absolute Gasteiger partial charge is 0.222 e. The summed E-state index contributed by atoms with van der Waals surface area (Å²) in [5.74, 6) is 0.304. The van der Waals surface area contributed by atoms with Gasteiger partial charge in [0, 0.05) is 10.6 Å². The van der Waals surface area contributed by atoms with E-state index in [9.17, 15) is 4.39 Å². The second kappa shape index (κ2) is 6.15. The normalized spacial score (nSPS) is 19.4. The van der Waals surface area contributed by atoms with E-state index < -0.39 is 0 Å². The quantitative estimate of drug-likeness (QED) is 0.714. The first kappa shape index (κ1) is 16.1. The number of nitrogens with zero attached hydrogens (tertiary/aromatic N) is 3. The van der Waals surface area contributed by atoms with Gasteiger partial charge in [-0.3, -0.25) is 0 Å². The van der Waals surface area contributed by atoms with Crippen LogP contribution in [-0.4, -0.2) is 14.8 Å². The first-order chi connectivity index (χ1) is 12.0. The van der Waals surface area contributed by atoms with Gasteiger partial charge in [-0.15, -0.1) is 0 Å². The van der Waals surface area contributed by atoms with Gasteiger partial charge < -0.3 is 5.32 Å². The lowest BCUT2D eigenvalue weighted by molar-refractivity contribution is 0.416. The van der Waals surface area contributed by atoms with Gasteiger partial charge >= 0.3 is 0 Å². The fourth-order valence-electron chi connectivity index (χ4n) is 3.39. The van der Waals surface area contributed by atoms with Crippen LogP contribution in [0.25, 0.3) is 0 Å². The summed E-state index contributed by atoms with van der Waals surface area (Å²) in [4.78, 5) is 4.28. The molecule has 3 aromatic rings. The molecule has 2 atom stereocenters. The van der Waals surface area contributed by atoms with Gasteiger partial charge in [0.1, 0.15) is 12.1 Å². The largest absolute Gasteiger partial charge is 0.348 e. The molecule has 0 saturated carbocycles. The number of halogens is 2. The Hall–Kier alpha value is -2.40. The van der Waals surface area contributed by atoms with Crippen molar-refractivity contribution in [1.29, 1.82) is 0 Å². The van der Waals surface area contributed by atoms with Crippen molar-refractivity contribution in [3.8, 4) is 0 Å². The summed E-state index contributed by atoms with van der Waals surface area (Å²) in [6, 6.07) is 10.8. The molecule has 1 aliphatic heterocycles. The van der Waals surface area contributed by atoms with E-state index in [0.29, 0.717) is 23.0 Å². The molecule has 4 nitrogen and oxygen atoms in total. The Bertz CT molecular complexity index is 917. The Morgan fingerprint density at radius 2 is 2.04 bits per heavy atom. The number of aryl methyl sites for hydroxylation is 2. The average Bonchev–Trinajstić information content (AvgIpc) is 3.05. The van der Waals surface area contributed by atoms with Crippen LogP contribution >= 0.6 is 11.6 Å². The van der Waals surface area contributed by atoms with E-state index in [0.717, 1.165) is 5.56 Å². The lowest BCUT2D eigenvalue weighted by atomic mass is 9.91. The minimum atomic E-state index is -0.320. The first-order valence-electron chi connectivity index (χ1n) is 8.21. The number of hydrogen-bond donors (Lipinski definition) is 1. The van der Waals surface area contributed by atoms with Crippen LogP contribution < -0.4 is 5.32 Å². The predicted molar refractivity (Wildman–Crippen MR) is 96.5 cm³/mol. The Balaban J connectivity index is 1.79. The zero-order valence-corrected chi connectivity index (χ0v) is 14.8. The summed E-state index contributed by atoms with van der Waals surface area (Å²) >= 11 is 6.31. The number of fused-ring (bicyclic) bond motifs is 1. The van der Waals surface area contributed by atoms with Crippen LogP contribution in [0.15, 0.2) is 42.7 Å². The number of nitrogens with one attached hydrogen (secondary N) is 1. The molecule has 0 aliphatic carbocycles. The molecule has 6 heteroatoms. The summed E-state index contributed by atoms with van der Waals surface area (Å²) in [5.41, 5.74) is 4.09. The molecule has 1 aliphatic rings. The van der Waals surface area contributed by atoms with Gasteiger partial charge in [0.05, 0.1) is 12.1 Å². The number of rotatable bonds is 2. The molecule has 0 radical (unpaired) electrons. The summed E-state index contributed by atoms with van der Waals surface area (Å²) in [6.07, 6.45) is 2.12. The molecule has 0 amide bonds.